The number of benzene rings is 3. The standard InChI is InChI=1S/C24H26ClNO2/c1-4-27-24-13-20(15-26-22-14-21(25)11-7-18(22)3)10-12-23(24)28-16-19-8-5-17(2)6-9-19/h5-14,26H,4,15-16H2,1-3H3. The maximum atomic E-state index is 6.10. The van der Waals surface area contributed by atoms with Crippen molar-refractivity contribution >= 4 is 17.3 Å². The first kappa shape index (κ1) is 20.1. The van der Waals surface area contributed by atoms with E-state index in [9.17, 15) is 0 Å². The van der Waals surface area contributed by atoms with Gasteiger partial charge in [-0.25, -0.2) is 0 Å². The van der Waals surface area contributed by atoms with Crippen LogP contribution in [0, 0.1) is 13.8 Å². The van der Waals surface area contributed by atoms with Crippen molar-refractivity contribution in [2.45, 2.75) is 33.9 Å². The van der Waals surface area contributed by atoms with Crippen LogP contribution in [-0.4, -0.2) is 6.61 Å². The van der Waals surface area contributed by atoms with E-state index in [4.69, 9.17) is 21.1 Å². The van der Waals surface area contributed by atoms with Crippen molar-refractivity contribution in [3.63, 3.8) is 0 Å². The topological polar surface area (TPSA) is 30.5 Å². The van der Waals surface area contributed by atoms with Gasteiger partial charge in [-0.1, -0.05) is 53.6 Å². The highest BCUT2D eigenvalue weighted by Crippen LogP contribution is 2.30. The minimum Gasteiger partial charge on any atom is -0.490 e. The summed E-state index contributed by atoms with van der Waals surface area (Å²) in [5.41, 5.74) is 5.68. The van der Waals surface area contributed by atoms with Crippen LogP contribution in [0.15, 0.2) is 60.7 Å². The first-order chi connectivity index (χ1) is 13.5. The molecule has 0 heterocycles. The lowest BCUT2D eigenvalue weighted by atomic mass is 10.1. The van der Waals surface area contributed by atoms with Crippen molar-refractivity contribution in [1.29, 1.82) is 0 Å². The van der Waals surface area contributed by atoms with Gasteiger partial charge in [-0.05, 0) is 61.7 Å². The van der Waals surface area contributed by atoms with Crippen molar-refractivity contribution in [1.82, 2.24) is 0 Å². The quantitative estimate of drug-likeness (QED) is 0.469. The summed E-state index contributed by atoms with van der Waals surface area (Å²) in [7, 11) is 0. The van der Waals surface area contributed by atoms with Gasteiger partial charge in [0.05, 0.1) is 6.61 Å². The average molecular weight is 396 g/mol. The van der Waals surface area contributed by atoms with E-state index >= 15 is 0 Å². The number of hydrogen-bond acceptors (Lipinski definition) is 3. The van der Waals surface area contributed by atoms with Gasteiger partial charge in [0.15, 0.2) is 11.5 Å². The Bertz CT molecular complexity index is 922. The molecule has 28 heavy (non-hydrogen) atoms. The Balaban J connectivity index is 1.69. The van der Waals surface area contributed by atoms with Crippen LogP contribution in [0.3, 0.4) is 0 Å². The Labute approximate surface area is 172 Å². The molecule has 0 spiro atoms. The lowest BCUT2D eigenvalue weighted by Crippen LogP contribution is -2.04. The van der Waals surface area contributed by atoms with Gasteiger partial charge < -0.3 is 14.8 Å². The maximum Gasteiger partial charge on any atom is 0.161 e. The minimum atomic E-state index is 0.514. The Morgan fingerprint density at radius 2 is 1.57 bits per heavy atom. The summed E-state index contributed by atoms with van der Waals surface area (Å²) >= 11 is 6.10. The van der Waals surface area contributed by atoms with Crippen LogP contribution in [-0.2, 0) is 13.2 Å². The molecule has 0 bridgehead atoms. The first-order valence-corrected chi connectivity index (χ1v) is 9.87. The Kier molecular flexibility index (Phi) is 6.83. The van der Waals surface area contributed by atoms with Crippen LogP contribution in [0.2, 0.25) is 5.02 Å². The van der Waals surface area contributed by atoms with E-state index in [-0.39, 0.29) is 0 Å². The van der Waals surface area contributed by atoms with Crippen LogP contribution in [0.4, 0.5) is 5.69 Å². The number of ether oxygens (including phenoxy) is 2. The molecule has 0 aliphatic rings. The number of nitrogens with one attached hydrogen (secondary N) is 1. The zero-order chi connectivity index (χ0) is 19.9. The van der Waals surface area contributed by atoms with E-state index in [1.165, 1.54) is 5.56 Å². The molecule has 0 aliphatic heterocycles. The normalized spacial score (nSPS) is 10.6. The van der Waals surface area contributed by atoms with Gasteiger partial charge in [0.1, 0.15) is 6.61 Å². The molecule has 0 amide bonds. The minimum absolute atomic E-state index is 0.514. The van der Waals surface area contributed by atoms with Gasteiger partial charge in [0.25, 0.3) is 0 Å². The number of aryl methyl sites for hydroxylation is 2. The molecule has 0 aromatic heterocycles. The van der Waals surface area contributed by atoms with Crippen LogP contribution in [0.5, 0.6) is 11.5 Å². The third-order valence-electron chi connectivity index (χ3n) is 4.51. The maximum absolute atomic E-state index is 6.10. The van der Waals surface area contributed by atoms with E-state index in [1.807, 2.05) is 37.3 Å². The zero-order valence-corrected chi connectivity index (χ0v) is 17.3. The summed E-state index contributed by atoms with van der Waals surface area (Å²) in [5.74, 6) is 1.52. The van der Waals surface area contributed by atoms with E-state index < -0.39 is 0 Å². The third kappa shape index (κ3) is 5.43. The molecule has 3 nitrogen and oxygen atoms in total. The SMILES string of the molecule is CCOc1cc(CNc2cc(Cl)ccc2C)ccc1OCc1ccc(C)cc1. The lowest BCUT2D eigenvalue weighted by Gasteiger charge is -2.15. The van der Waals surface area contributed by atoms with Gasteiger partial charge >= 0.3 is 0 Å². The summed E-state index contributed by atoms with van der Waals surface area (Å²) in [6.07, 6.45) is 0. The van der Waals surface area contributed by atoms with Crippen molar-refractivity contribution in [2.24, 2.45) is 0 Å². The number of anilines is 1. The Hall–Kier alpha value is -2.65. The molecule has 3 aromatic carbocycles. The summed E-state index contributed by atoms with van der Waals surface area (Å²) in [6, 6.07) is 20.3. The Morgan fingerprint density at radius 3 is 2.32 bits per heavy atom. The van der Waals surface area contributed by atoms with Gasteiger partial charge in [-0.3, -0.25) is 0 Å². The molecule has 0 fully saturated rings. The molecule has 0 saturated carbocycles. The summed E-state index contributed by atoms with van der Waals surface area (Å²) < 4.78 is 11.8. The molecule has 0 radical (unpaired) electrons. The highest BCUT2D eigenvalue weighted by Gasteiger charge is 2.08. The van der Waals surface area contributed by atoms with Crippen molar-refractivity contribution in [2.75, 3.05) is 11.9 Å². The predicted molar refractivity (Wildman–Crippen MR) is 117 cm³/mol. The Morgan fingerprint density at radius 1 is 0.821 bits per heavy atom. The molecule has 0 atom stereocenters. The molecule has 3 aromatic rings. The lowest BCUT2D eigenvalue weighted by molar-refractivity contribution is 0.269. The monoisotopic (exact) mass is 395 g/mol. The van der Waals surface area contributed by atoms with E-state index in [2.05, 4.69) is 49.5 Å². The van der Waals surface area contributed by atoms with Crippen LogP contribution in [0.25, 0.3) is 0 Å². The molecule has 3 rings (SSSR count). The molecular formula is C24H26ClNO2. The third-order valence-corrected chi connectivity index (χ3v) is 4.74. The smallest absolute Gasteiger partial charge is 0.161 e. The molecule has 0 saturated heterocycles. The van der Waals surface area contributed by atoms with E-state index in [1.54, 1.807) is 0 Å². The van der Waals surface area contributed by atoms with Crippen molar-refractivity contribution in [3.8, 4) is 11.5 Å². The number of halogens is 1. The van der Waals surface area contributed by atoms with Gasteiger partial charge in [-0.15, -0.1) is 0 Å². The fourth-order valence-electron chi connectivity index (χ4n) is 2.88. The fraction of sp³-hybridized carbons (Fsp3) is 0.250. The zero-order valence-electron chi connectivity index (χ0n) is 16.6. The van der Waals surface area contributed by atoms with Gasteiger partial charge in [-0.2, -0.15) is 0 Å². The van der Waals surface area contributed by atoms with Crippen LogP contribution in [0.1, 0.15) is 29.2 Å². The number of rotatable bonds is 8. The number of hydrogen-bond donors (Lipinski definition) is 1. The van der Waals surface area contributed by atoms with Crippen molar-refractivity contribution in [3.05, 3.63) is 87.9 Å². The van der Waals surface area contributed by atoms with Gasteiger partial charge in [0, 0.05) is 17.3 Å². The molecule has 0 aliphatic carbocycles. The predicted octanol–water partition coefficient (Wildman–Crippen LogP) is 6.55. The highest BCUT2D eigenvalue weighted by atomic mass is 35.5. The fourth-order valence-corrected chi connectivity index (χ4v) is 3.05. The second-order valence-electron chi connectivity index (χ2n) is 6.80. The summed E-state index contributed by atoms with van der Waals surface area (Å²) in [6.45, 7) is 7.90. The average Bonchev–Trinajstić information content (AvgIpc) is 2.69. The molecular weight excluding hydrogens is 370 g/mol. The van der Waals surface area contributed by atoms with Crippen molar-refractivity contribution < 1.29 is 9.47 Å². The summed E-state index contributed by atoms with van der Waals surface area (Å²) in [5, 5.41) is 4.17. The molecule has 146 valence electrons. The van der Waals surface area contributed by atoms with E-state index in [0.717, 1.165) is 38.9 Å². The molecule has 4 heteroatoms. The van der Waals surface area contributed by atoms with Crippen LogP contribution < -0.4 is 14.8 Å². The summed E-state index contributed by atoms with van der Waals surface area (Å²) in [4.78, 5) is 0. The van der Waals surface area contributed by atoms with Crippen LogP contribution >= 0.6 is 11.6 Å². The van der Waals surface area contributed by atoms with Gasteiger partial charge in [0.2, 0.25) is 0 Å². The molecule has 0 unspecified atom stereocenters. The first-order valence-electron chi connectivity index (χ1n) is 9.49. The van der Waals surface area contributed by atoms with E-state index in [0.29, 0.717) is 19.8 Å². The second-order valence-corrected chi connectivity index (χ2v) is 7.24. The largest absolute Gasteiger partial charge is 0.490 e. The highest BCUT2D eigenvalue weighted by molar-refractivity contribution is 6.30. The second kappa shape index (κ2) is 9.52. The molecule has 1 N–H and O–H groups in total.